The smallest absolute Gasteiger partial charge is 0.255 e. The first-order valence-corrected chi connectivity index (χ1v) is 8.25. The molecule has 4 aromatic rings. The number of amides is 1. The number of imidazole rings is 1. The highest BCUT2D eigenvalue weighted by atomic mass is 16.1. The molecule has 3 heterocycles. The van der Waals surface area contributed by atoms with Crippen LogP contribution in [0.25, 0.3) is 16.7 Å². The van der Waals surface area contributed by atoms with Crippen LogP contribution >= 0.6 is 0 Å². The Morgan fingerprint density at radius 1 is 1.12 bits per heavy atom. The summed E-state index contributed by atoms with van der Waals surface area (Å²) in [6.07, 6.45) is 5.36. The number of nitrogens with one attached hydrogen (secondary N) is 1. The molecule has 1 amide bonds. The molecule has 0 spiro atoms. The third-order valence-corrected chi connectivity index (χ3v) is 4.26. The molecule has 0 aliphatic carbocycles. The third kappa shape index (κ3) is 2.85. The number of carbonyl (C=O) groups is 1. The van der Waals surface area contributed by atoms with Gasteiger partial charge in [0, 0.05) is 18.0 Å². The van der Waals surface area contributed by atoms with E-state index >= 15 is 0 Å². The lowest BCUT2D eigenvalue weighted by Crippen LogP contribution is -2.12. The van der Waals surface area contributed by atoms with E-state index in [9.17, 15) is 4.79 Å². The maximum Gasteiger partial charge on any atom is 0.255 e. The molecule has 3 aromatic heterocycles. The Morgan fingerprint density at radius 3 is 2.80 bits per heavy atom. The largest absolute Gasteiger partial charge is 0.321 e. The molecule has 5 heteroatoms. The molecular weight excluding hydrogens is 312 g/mol. The number of anilines is 1. The van der Waals surface area contributed by atoms with Crippen LogP contribution in [-0.4, -0.2) is 20.3 Å². The Labute approximate surface area is 145 Å². The minimum Gasteiger partial charge on any atom is -0.321 e. The average molecular weight is 330 g/mol. The van der Waals surface area contributed by atoms with E-state index in [0.717, 1.165) is 22.2 Å². The average Bonchev–Trinajstić information content (AvgIpc) is 2.99. The Morgan fingerprint density at radius 2 is 1.96 bits per heavy atom. The van der Waals surface area contributed by atoms with Gasteiger partial charge in [-0.15, -0.1) is 0 Å². The minimum atomic E-state index is -0.169. The second kappa shape index (κ2) is 6.02. The Bertz CT molecular complexity index is 1080. The van der Waals surface area contributed by atoms with Crippen LogP contribution in [0.15, 0.2) is 61.1 Å². The Kier molecular flexibility index (Phi) is 3.69. The molecule has 0 fully saturated rings. The Balaban J connectivity index is 1.66. The van der Waals surface area contributed by atoms with E-state index in [1.165, 1.54) is 0 Å². The highest BCUT2D eigenvalue weighted by molar-refractivity contribution is 6.05. The lowest BCUT2D eigenvalue weighted by Gasteiger charge is -2.09. The van der Waals surface area contributed by atoms with Gasteiger partial charge in [0.1, 0.15) is 5.65 Å². The highest BCUT2D eigenvalue weighted by Gasteiger charge is 2.11. The Hall–Kier alpha value is -3.21. The molecule has 0 saturated heterocycles. The molecule has 124 valence electrons. The zero-order valence-electron chi connectivity index (χ0n) is 14.1. The molecule has 1 N–H and O–H groups in total. The van der Waals surface area contributed by atoms with Gasteiger partial charge in [0.2, 0.25) is 0 Å². The van der Waals surface area contributed by atoms with Gasteiger partial charge in [0.05, 0.1) is 22.9 Å². The predicted molar refractivity (Wildman–Crippen MR) is 99.0 cm³/mol. The standard InChI is InChI=1S/C20H18N4O/c1-13(2)15-9-16(12-21-11-15)22-20(25)14-7-8-24-18-6-4-3-5-17(18)23-19(24)10-14/h3-13H,1-2H3,(H,22,25). The highest BCUT2D eigenvalue weighted by Crippen LogP contribution is 2.19. The van der Waals surface area contributed by atoms with Gasteiger partial charge in [-0.25, -0.2) is 4.98 Å². The number of rotatable bonds is 3. The number of hydrogen-bond acceptors (Lipinski definition) is 3. The second-order valence-corrected chi connectivity index (χ2v) is 6.36. The van der Waals surface area contributed by atoms with Crippen LogP contribution in [0.5, 0.6) is 0 Å². The zero-order valence-corrected chi connectivity index (χ0v) is 14.1. The first-order chi connectivity index (χ1) is 12.1. The fourth-order valence-corrected chi connectivity index (χ4v) is 2.85. The lowest BCUT2D eigenvalue weighted by molar-refractivity contribution is 0.102. The van der Waals surface area contributed by atoms with Crippen molar-refractivity contribution >= 4 is 28.3 Å². The van der Waals surface area contributed by atoms with Crippen molar-refractivity contribution in [2.45, 2.75) is 19.8 Å². The van der Waals surface area contributed by atoms with E-state index in [0.29, 0.717) is 17.2 Å². The van der Waals surface area contributed by atoms with E-state index in [1.54, 1.807) is 18.3 Å². The molecule has 1 aromatic carbocycles. The topological polar surface area (TPSA) is 59.3 Å². The number of aromatic nitrogens is 3. The number of hydrogen-bond donors (Lipinski definition) is 1. The van der Waals surface area contributed by atoms with Gasteiger partial charge in [0.15, 0.2) is 0 Å². The third-order valence-electron chi connectivity index (χ3n) is 4.26. The van der Waals surface area contributed by atoms with Crippen molar-refractivity contribution in [1.82, 2.24) is 14.4 Å². The number of fused-ring (bicyclic) bond motifs is 3. The van der Waals surface area contributed by atoms with Crippen LogP contribution in [0.1, 0.15) is 35.7 Å². The number of benzene rings is 1. The van der Waals surface area contributed by atoms with Crippen LogP contribution in [0.3, 0.4) is 0 Å². The summed E-state index contributed by atoms with van der Waals surface area (Å²) in [5.41, 5.74) is 5.05. The van der Waals surface area contributed by atoms with Gasteiger partial charge in [0.25, 0.3) is 5.91 Å². The van der Waals surface area contributed by atoms with E-state index in [-0.39, 0.29) is 5.91 Å². The molecule has 0 atom stereocenters. The van der Waals surface area contributed by atoms with E-state index in [4.69, 9.17) is 0 Å². The van der Waals surface area contributed by atoms with Crippen molar-refractivity contribution in [3.05, 3.63) is 72.2 Å². The van der Waals surface area contributed by atoms with Gasteiger partial charge < -0.3 is 5.32 Å². The fraction of sp³-hybridized carbons (Fsp3) is 0.150. The summed E-state index contributed by atoms with van der Waals surface area (Å²) in [6, 6.07) is 13.5. The molecule has 0 bridgehead atoms. The summed E-state index contributed by atoms with van der Waals surface area (Å²) in [6.45, 7) is 4.19. The van der Waals surface area contributed by atoms with Gasteiger partial charge in [-0.3, -0.25) is 14.2 Å². The van der Waals surface area contributed by atoms with E-state index < -0.39 is 0 Å². The van der Waals surface area contributed by atoms with Gasteiger partial charge in [-0.1, -0.05) is 26.0 Å². The van der Waals surface area contributed by atoms with Crippen molar-refractivity contribution in [2.24, 2.45) is 0 Å². The summed E-state index contributed by atoms with van der Waals surface area (Å²) in [7, 11) is 0. The summed E-state index contributed by atoms with van der Waals surface area (Å²) in [5.74, 6) is 0.190. The monoisotopic (exact) mass is 330 g/mol. The number of para-hydroxylation sites is 2. The minimum absolute atomic E-state index is 0.169. The van der Waals surface area contributed by atoms with Crippen LogP contribution in [0.4, 0.5) is 5.69 Å². The van der Waals surface area contributed by atoms with Crippen LogP contribution < -0.4 is 5.32 Å². The number of pyridine rings is 2. The summed E-state index contributed by atoms with van der Waals surface area (Å²) >= 11 is 0. The molecule has 4 rings (SSSR count). The normalized spacial score (nSPS) is 11.3. The van der Waals surface area contributed by atoms with E-state index in [2.05, 4.69) is 29.1 Å². The first-order valence-electron chi connectivity index (χ1n) is 8.25. The van der Waals surface area contributed by atoms with Crippen molar-refractivity contribution in [1.29, 1.82) is 0 Å². The van der Waals surface area contributed by atoms with Crippen LogP contribution in [0.2, 0.25) is 0 Å². The van der Waals surface area contributed by atoms with Gasteiger partial charge in [-0.05, 0) is 41.8 Å². The molecule has 0 unspecified atom stereocenters. The molecule has 0 aliphatic rings. The van der Waals surface area contributed by atoms with E-state index in [1.807, 2.05) is 47.1 Å². The summed E-state index contributed by atoms with van der Waals surface area (Å²) in [5, 5.41) is 2.91. The maximum atomic E-state index is 12.6. The first kappa shape index (κ1) is 15.3. The van der Waals surface area contributed by atoms with Crippen LogP contribution in [0, 0.1) is 0 Å². The molecule has 25 heavy (non-hydrogen) atoms. The summed E-state index contributed by atoms with van der Waals surface area (Å²) < 4.78 is 1.98. The van der Waals surface area contributed by atoms with Gasteiger partial charge in [-0.2, -0.15) is 0 Å². The number of carbonyl (C=O) groups excluding carboxylic acids is 1. The van der Waals surface area contributed by atoms with Crippen molar-refractivity contribution in [3.63, 3.8) is 0 Å². The second-order valence-electron chi connectivity index (χ2n) is 6.36. The zero-order chi connectivity index (χ0) is 17.4. The molecule has 0 saturated carbocycles. The van der Waals surface area contributed by atoms with Crippen molar-refractivity contribution in [3.8, 4) is 0 Å². The van der Waals surface area contributed by atoms with Crippen molar-refractivity contribution in [2.75, 3.05) is 5.32 Å². The van der Waals surface area contributed by atoms with Gasteiger partial charge >= 0.3 is 0 Å². The maximum absolute atomic E-state index is 12.6. The fourth-order valence-electron chi connectivity index (χ4n) is 2.85. The molecule has 0 radical (unpaired) electrons. The SMILES string of the molecule is CC(C)c1cncc(NC(=O)c2ccn3c(c2)nc2ccccc23)c1. The predicted octanol–water partition coefficient (Wildman–Crippen LogP) is 4.26. The quantitative estimate of drug-likeness (QED) is 0.610. The van der Waals surface area contributed by atoms with Crippen molar-refractivity contribution < 1.29 is 4.79 Å². The lowest BCUT2D eigenvalue weighted by atomic mass is 10.1. The number of nitrogens with zero attached hydrogens (tertiary/aromatic N) is 3. The van der Waals surface area contributed by atoms with Crippen LogP contribution in [-0.2, 0) is 0 Å². The molecular formula is C20H18N4O. The molecule has 0 aliphatic heterocycles. The molecule has 5 nitrogen and oxygen atoms in total. The summed E-state index contributed by atoms with van der Waals surface area (Å²) in [4.78, 5) is 21.4.